The van der Waals surface area contributed by atoms with Crippen molar-refractivity contribution in [1.82, 2.24) is 35.7 Å². The third-order valence-electron chi connectivity index (χ3n) is 16.1. The molecular weight excluding hydrogens is 1140 g/mol. The highest BCUT2D eigenvalue weighted by molar-refractivity contribution is 6.04. The number of cyclic esters (lactones) is 1. The number of likely N-dealkylation sites (tertiary alicyclic amines) is 1. The number of amides is 5. The van der Waals surface area contributed by atoms with Crippen molar-refractivity contribution in [2.45, 2.75) is 130 Å². The molecule has 7 rings (SSSR count). The summed E-state index contributed by atoms with van der Waals surface area (Å²) in [5.41, 5.74) is 1.44. The number of pyridine rings is 2. The largest absolute Gasteiger partial charge is 0.458 e. The van der Waals surface area contributed by atoms with Gasteiger partial charge in [0, 0.05) is 60.8 Å². The van der Waals surface area contributed by atoms with Crippen LogP contribution < -0.4 is 26.8 Å². The normalized spacial score (nSPS) is 18.9. The lowest BCUT2D eigenvalue weighted by atomic mass is 9.81. The molecule has 1 fully saturated rings. The lowest BCUT2D eigenvalue weighted by molar-refractivity contribution is -0.172. The number of aromatic nitrogens is 2. The van der Waals surface area contributed by atoms with Crippen LogP contribution in [0.4, 0.5) is 4.39 Å². The summed E-state index contributed by atoms with van der Waals surface area (Å²) in [6.07, 6.45) is 0.133. The van der Waals surface area contributed by atoms with Crippen LogP contribution in [0, 0.1) is 30.5 Å². The van der Waals surface area contributed by atoms with Gasteiger partial charge >= 0.3 is 5.97 Å². The number of carbonyl (C=O) groups is 6. The third kappa shape index (κ3) is 17.7. The number of hydrogen-bond acceptors (Lipinski definition) is 20. The number of halogens is 1. The lowest BCUT2D eigenvalue weighted by Gasteiger charge is -2.31. The molecule has 3 aliphatic heterocycles. The quantitative estimate of drug-likeness (QED) is 0.0161. The molecule has 1 saturated heterocycles. The minimum absolute atomic E-state index is 0.0322. The van der Waals surface area contributed by atoms with Crippen LogP contribution in [-0.2, 0) is 96.6 Å². The van der Waals surface area contributed by atoms with Gasteiger partial charge in [-0.2, -0.15) is 0 Å². The van der Waals surface area contributed by atoms with Crippen molar-refractivity contribution in [3.8, 4) is 11.4 Å². The summed E-state index contributed by atoms with van der Waals surface area (Å²) in [4.78, 5) is 97.2. The molecule has 2 unspecified atom stereocenters. The van der Waals surface area contributed by atoms with Gasteiger partial charge < -0.3 is 73.4 Å². The highest BCUT2D eigenvalue weighted by Gasteiger charge is 2.46. The van der Waals surface area contributed by atoms with Crippen LogP contribution in [0.2, 0.25) is 0 Å². The van der Waals surface area contributed by atoms with Crippen LogP contribution in [0.15, 0.2) is 16.9 Å². The molecule has 482 valence electrons. The highest BCUT2D eigenvalue weighted by atomic mass is 19.1. The smallest absolute Gasteiger partial charge is 0.343 e. The maximum absolute atomic E-state index is 15.5. The van der Waals surface area contributed by atoms with Crippen LogP contribution >= 0.6 is 0 Å². The maximum atomic E-state index is 15.5. The van der Waals surface area contributed by atoms with E-state index in [-0.39, 0.29) is 105 Å². The summed E-state index contributed by atoms with van der Waals surface area (Å²) < 4.78 is 66.5. The number of nitrogens with zero attached hydrogens (tertiary/aromatic N) is 3. The average molecular weight is 1230 g/mol. The first-order valence-corrected chi connectivity index (χ1v) is 30.4. The molecule has 1 aromatic carbocycles. The average Bonchev–Trinajstić information content (AvgIpc) is 1.67. The molecular formula is C61H88FN7O18. The van der Waals surface area contributed by atoms with Gasteiger partial charge in [-0.25, -0.2) is 14.2 Å². The number of carbonyl (C=O) groups excluding carboxylic acids is 6. The van der Waals surface area contributed by atoms with Crippen molar-refractivity contribution < 1.29 is 86.0 Å². The molecule has 5 heterocycles. The molecule has 26 heteroatoms. The lowest BCUT2D eigenvalue weighted by Crippen LogP contribution is -2.55. The van der Waals surface area contributed by atoms with Crippen molar-refractivity contribution in [1.29, 1.82) is 0 Å². The fourth-order valence-corrected chi connectivity index (χ4v) is 11.1. The van der Waals surface area contributed by atoms with E-state index in [2.05, 4.69) is 21.3 Å². The van der Waals surface area contributed by atoms with Crippen molar-refractivity contribution in [2.75, 3.05) is 119 Å². The molecule has 0 bridgehead atoms. The van der Waals surface area contributed by atoms with E-state index < -0.39 is 59.1 Å². The zero-order valence-electron chi connectivity index (χ0n) is 51.2. The standard InChI is InChI=1S/C61H88FN7O18/c1-8-61(78)44-32-48-55-42(34-69(48)59(76)43(44)35-87-60(61)77)53-46(10-9-40-38(6)45(62)33-47(65-55)52(40)53)66-56(73)39(7)64-57(74)54(37(4)5)67-50(71)12-15-79-17-19-81-21-23-83-25-27-85-29-30-86-28-26-84-24-22-82-20-18-80-16-13-63-49(70)11-14-68-51(72)31-41(36(2)3)58(68)75/h32-33,36-37,39,41,46,50,54,67,71,78H,8-31,34-35H2,1-7H3,(H,63,70)(H,64,74)(H,66,73)/t39-,41?,46-,50?,54-,61-/m0/s1. The van der Waals surface area contributed by atoms with Crippen molar-refractivity contribution in [3.63, 3.8) is 0 Å². The van der Waals surface area contributed by atoms with Crippen LogP contribution in [0.3, 0.4) is 0 Å². The van der Waals surface area contributed by atoms with Gasteiger partial charge in [0.25, 0.3) is 5.56 Å². The number of aryl methyl sites for hydroxylation is 1. The van der Waals surface area contributed by atoms with E-state index in [1.165, 1.54) is 15.5 Å². The number of rotatable bonds is 39. The van der Waals surface area contributed by atoms with Gasteiger partial charge in [0.1, 0.15) is 24.7 Å². The first-order chi connectivity index (χ1) is 41.8. The van der Waals surface area contributed by atoms with Crippen LogP contribution in [0.25, 0.3) is 22.3 Å². The summed E-state index contributed by atoms with van der Waals surface area (Å²) in [5.74, 6) is -3.42. The molecule has 5 amide bonds. The number of fused-ring (bicyclic) bond motifs is 5. The van der Waals surface area contributed by atoms with Crippen molar-refractivity contribution >= 4 is 46.4 Å². The summed E-state index contributed by atoms with van der Waals surface area (Å²) in [7, 11) is 0. The van der Waals surface area contributed by atoms with E-state index >= 15 is 4.39 Å². The Bertz CT molecular complexity index is 2940. The van der Waals surface area contributed by atoms with E-state index in [1.807, 2.05) is 27.7 Å². The summed E-state index contributed by atoms with van der Waals surface area (Å²) >= 11 is 0. The number of hydrogen-bond donors (Lipinski definition) is 6. The van der Waals surface area contributed by atoms with Gasteiger partial charge in [-0.05, 0) is 67.7 Å². The van der Waals surface area contributed by atoms with Gasteiger partial charge in [-0.1, -0.05) is 34.6 Å². The number of esters is 1. The predicted octanol–water partition coefficient (Wildman–Crippen LogP) is 2.13. The molecule has 6 N–H and O–H groups in total. The maximum Gasteiger partial charge on any atom is 0.343 e. The van der Waals surface area contributed by atoms with Crippen molar-refractivity contribution in [3.05, 3.63) is 61.7 Å². The van der Waals surface area contributed by atoms with Gasteiger partial charge in [0.05, 0.1) is 147 Å². The number of benzene rings is 1. The first-order valence-electron chi connectivity index (χ1n) is 30.4. The number of aliphatic hydroxyl groups excluding tert-OH is 1. The van der Waals surface area contributed by atoms with E-state index in [0.29, 0.717) is 151 Å². The fraction of sp³-hybridized carbons (Fsp3) is 0.672. The number of nitrogens with one attached hydrogen (secondary N) is 4. The Morgan fingerprint density at radius 3 is 1.92 bits per heavy atom. The molecule has 0 radical (unpaired) electrons. The molecule has 6 atom stereocenters. The van der Waals surface area contributed by atoms with E-state index in [9.17, 15) is 43.8 Å². The monoisotopic (exact) mass is 1230 g/mol. The Morgan fingerprint density at radius 2 is 1.37 bits per heavy atom. The topological polar surface area (TPSA) is 312 Å². The second-order valence-electron chi connectivity index (χ2n) is 22.8. The highest BCUT2D eigenvalue weighted by Crippen LogP contribution is 2.46. The molecule has 0 saturated carbocycles. The van der Waals surface area contributed by atoms with Crippen molar-refractivity contribution in [2.24, 2.45) is 17.8 Å². The predicted molar refractivity (Wildman–Crippen MR) is 312 cm³/mol. The Hall–Kier alpha value is -5.91. The van der Waals surface area contributed by atoms with Gasteiger partial charge in [0.15, 0.2) is 5.60 Å². The Labute approximate surface area is 506 Å². The molecule has 2 aromatic heterocycles. The van der Waals surface area contributed by atoms with Crippen LogP contribution in [0.1, 0.15) is 113 Å². The molecule has 0 spiro atoms. The van der Waals surface area contributed by atoms with Crippen LogP contribution in [0.5, 0.6) is 0 Å². The number of aliphatic hydroxyl groups is 2. The second kappa shape index (κ2) is 33.1. The van der Waals surface area contributed by atoms with E-state index in [0.717, 1.165) is 5.56 Å². The molecule has 4 aliphatic rings. The van der Waals surface area contributed by atoms with E-state index in [1.54, 1.807) is 26.8 Å². The van der Waals surface area contributed by atoms with Gasteiger partial charge in [-0.3, -0.25) is 39.0 Å². The minimum Gasteiger partial charge on any atom is -0.458 e. The van der Waals surface area contributed by atoms with Gasteiger partial charge in [0.2, 0.25) is 29.5 Å². The summed E-state index contributed by atoms with van der Waals surface area (Å²) in [6.45, 7) is 18.3. The zero-order valence-corrected chi connectivity index (χ0v) is 51.2. The fourth-order valence-electron chi connectivity index (χ4n) is 11.1. The number of imide groups is 1. The van der Waals surface area contributed by atoms with Gasteiger partial charge in [-0.15, -0.1) is 0 Å². The number of ether oxygens (including phenoxy) is 9. The zero-order chi connectivity index (χ0) is 62.8. The molecule has 1 aliphatic carbocycles. The Kier molecular flexibility index (Phi) is 26.1. The van der Waals surface area contributed by atoms with Crippen LogP contribution in [-0.4, -0.2) is 197 Å². The molecule has 3 aromatic rings. The SMILES string of the molecule is CC[C@@]1(O)C(=O)OCc2c1cc1n(c2=O)Cc2c-1nc1cc(F)c(C)c3c1c2[C@@H](NC(=O)[C@H](C)NC(=O)[C@@H](NC(O)CCOCCOCCOCCOCCOCCOCCOCCOCCNC(=O)CCN1C(=O)CC(C(C)C)C1=O)C(C)C)CC3. The Balaban J connectivity index is 0.687. The molecule has 25 nitrogen and oxygen atoms in total. The third-order valence-corrected chi connectivity index (χ3v) is 16.1. The first kappa shape index (κ1) is 68.6. The Morgan fingerprint density at radius 1 is 0.793 bits per heavy atom. The second-order valence-corrected chi connectivity index (χ2v) is 22.8. The summed E-state index contributed by atoms with van der Waals surface area (Å²) in [5, 5.41) is 34.5. The minimum atomic E-state index is -2.04. The molecule has 87 heavy (non-hydrogen) atoms. The summed E-state index contributed by atoms with van der Waals surface area (Å²) in [6, 6.07) is 0.454. The van der Waals surface area contributed by atoms with E-state index in [4.69, 9.17) is 47.6 Å².